The Morgan fingerprint density at radius 2 is 2.21 bits per heavy atom. The lowest BCUT2D eigenvalue weighted by Crippen LogP contribution is -2.35. The van der Waals surface area contributed by atoms with Gasteiger partial charge in [-0.1, -0.05) is 0 Å². The van der Waals surface area contributed by atoms with E-state index in [9.17, 15) is 13.2 Å². The topological polar surface area (TPSA) is 119 Å². The molecule has 1 aliphatic heterocycles. The number of nitrogens with one attached hydrogen (secondary N) is 1. The summed E-state index contributed by atoms with van der Waals surface area (Å²) in [6.45, 7) is 0.775. The number of sulfonamides is 1. The lowest BCUT2D eigenvalue weighted by atomic mass is 10.2. The average Bonchev–Trinajstić information content (AvgIpc) is 2.80. The third-order valence-corrected chi connectivity index (χ3v) is 4.35. The van der Waals surface area contributed by atoms with Crippen molar-refractivity contribution in [3.05, 3.63) is 23.8 Å². The molecule has 0 bridgehead atoms. The predicted octanol–water partition coefficient (Wildman–Crippen LogP) is 0.0342. The number of hydrogen-bond acceptors (Lipinski definition) is 5. The molecule has 1 fully saturated rings. The molecule has 8 heteroatoms. The van der Waals surface area contributed by atoms with Crippen molar-refractivity contribution in [3.8, 4) is 0 Å². The van der Waals surface area contributed by atoms with Crippen LogP contribution in [0.2, 0.25) is 0 Å². The highest BCUT2D eigenvalue weighted by Crippen LogP contribution is 2.20. The maximum Gasteiger partial charge on any atom is 0.337 e. The smallest absolute Gasteiger partial charge is 0.337 e. The van der Waals surface area contributed by atoms with Crippen LogP contribution in [0, 0.1) is 0 Å². The van der Waals surface area contributed by atoms with Gasteiger partial charge in [0.1, 0.15) is 0 Å². The first kappa shape index (κ1) is 13.8. The van der Waals surface area contributed by atoms with Crippen molar-refractivity contribution in [1.29, 1.82) is 0 Å². The molecule has 0 spiro atoms. The van der Waals surface area contributed by atoms with E-state index in [1.807, 2.05) is 0 Å². The summed E-state index contributed by atoms with van der Waals surface area (Å²) in [5.41, 5.74) is 5.33. The van der Waals surface area contributed by atoms with E-state index in [1.54, 1.807) is 0 Å². The normalized spacial score (nSPS) is 19.5. The van der Waals surface area contributed by atoms with E-state index >= 15 is 0 Å². The summed E-state index contributed by atoms with van der Waals surface area (Å²) in [5, 5.41) is 9.04. The predicted molar refractivity (Wildman–Crippen MR) is 67.4 cm³/mol. The minimum absolute atomic E-state index is 0.195. The Balaban J connectivity index is 2.36. The molecule has 1 atom stereocenters. The van der Waals surface area contributed by atoms with E-state index in [2.05, 4.69) is 4.72 Å². The number of hydrogen-bond donors (Lipinski definition) is 3. The zero-order valence-electron chi connectivity index (χ0n) is 10.00. The standard InChI is InChI=1S/C11H14N2O5S/c12-7-1-2-10(9(5-7)11(14)15)19(16,17)13-8-3-4-18-6-8/h1-2,5,8,13H,3-4,6,12H2,(H,14,15). The Bertz CT molecular complexity index is 593. The van der Waals surface area contributed by atoms with Crippen molar-refractivity contribution in [3.63, 3.8) is 0 Å². The van der Waals surface area contributed by atoms with Crippen LogP contribution in [0.3, 0.4) is 0 Å². The lowest BCUT2D eigenvalue weighted by Gasteiger charge is -2.13. The molecule has 1 unspecified atom stereocenters. The highest BCUT2D eigenvalue weighted by molar-refractivity contribution is 7.89. The van der Waals surface area contributed by atoms with Crippen LogP contribution in [0.15, 0.2) is 23.1 Å². The molecule has 1 aliphatic rings. The van der Waals surface area contributed by atoms with Gasteiger partial charge in [-0.15, -0.1) is 0 Å². The second-order valence-electron chi connectivity index (χ2n) is 4.24. The van der Waals surface area contributed by atoms with E-state index in [0.717, 1.165) is 6.07 Å². The highest BCUT2D eigenvalue weighted by Gasteiger charge is 2.27. The Hall–Kier alpha value is -1.64. The molecule has 0 amide bonds. The molecule has 7 nitrogen and oxygen atoms in total. The van der Waals surface area contributed by atoms with Crippen molar-refractivity contribution in [2.45, 2.75) is 17.4 Å². The number of rotatable bonds is 4. The zero-order chi connectivity index (χ0) is 14.0. The number of aromatic carboxylic acids is 1. The molecule has 0 saturated carbocycles. The van der Waals surface area contributed by atoms with E-state index in [0.29, 0.717) is 13.0 Å². The van der Waals surface area contributed by atoms with Crippen molar-refractivity contribution < 1.29 is 23.1 Å². The van der Waals surface area contributed by atoms with Crippen LogP contribution in [0.1, 0.15) is 16.8 Å². The van der Waals surface area contributed by atoms with Crippen LogP contribution < -0.4 is 10.5 Å². The van der Waals surface area contributed by atoms with Gasteiger partial charge in [-0.25, -0.2) is 17.9 Å². The fourth-order valence-electron chi connectivity index (χ4n) is 1.86. The van der Waals surface area contributed by atoms with Crippen molar-refractivity contribution in [1.82, 2.24) is 4.72 Å². The molecule has 0 radical (unpaired) electrons. The minimum atomic E-state index is -3.90. The van der Waals surface area contributed by atoms with Gasteiger partial charge in [0.05, 0.1) is 17.1 Å². The first-order valence-electron chi connectivity index (χ1n) is 5.63. The summed E-state index contributed by atoms with van der Waals surface area (Å²) >= 11 is 0. The molecule has 1 aromatic rings. The van der Waals surface area contributed by atoms with E-state index in [-0.39, 0.29) is 28.8 Å². The number of ether oxygens (including phenoxy) is 1. The number of carboxylic acids is 1. The van der Waals surface area contributed by atoms with E-state index < -0.39 is 16.0 Å². The molecule has 0 aromatic heterocycles. The molecular weight excluding hydrogens is 272 g/mol. The Morgan fingerprint density at radius 3 is 2.79 bits per heavy atom. The van der Waals surface area contributed by atoms with Gasteiger partial charge in [0, 0.05) is 18.3 Å². The number of nitrogens with two attached hydrogens (primary N) is 1. The van der Waals surface area contributed by atoms with Gasteiger partial charge in [0.2, 0.25) is 10.0 Å². The van der Waals surface area contributed by atoms with Crippen LogP contribution in [-0.2, 0) is 14.8 Å². The number of anilines is 1. The van der Waals surface area contributed by atoms with Gasteiger partial charge in [0.15, 0.2) is 0 Å². The Morgan fingerprint density at radius 1 is 1.47 bits per heavy atom. The number of carboxylic acid groups (broad SMARTS) is 1. The Kier molecular flexibility index (Phi) is 3.74. The molecule has 19 heavy (non-hydrogen) atoms. The molecular formula is C11H14N2O5S. The maximum absolute atomic E-state index is 12.2. The van der Waals surface area contributed by atoms with Gasteiger partial charge < -0.3 is 15.6 Å². The van der Waals surface area contributed by atoms with Crippen LogP contribution in [0.4, 0.5) is 5.69 Å². The molecule has 104 valence electrons. The SMILES string of the molecule is Nc1ccc(S(=O)(=O)NC2CCOC2)c(C(=O)O)c1. The van der Waals surface area contributed by atoms with Gasteiger partial charge in [-0.05, 0) is 24.6 Å². The van der Waals surface area contributed by atoms with Gasteiger partial charge >= 0.3 is 5.97 Å². The van der Waals surface area contributed by atoms with Crippen LogP contribution in [0.25, 0.3) is 0 Å². The largest absolute Gasteiger partial charge is 0.478 e. The molecule has 1 saturated heterocycles. The third kappa shape index (κ3) is 3.03. The quantitative estimate of drug-likeness (QED) is 0.672. The monoisotopic (exact) mass is 286 g/mol. The number of carbonyl (C=O) groups is 1. The number of nitrogen functional groups attached to an aromatic ring is 1. The second-order valence-corrected chi connectivity index (χ2v) is 5.92. The molecule has 4 N–H and O–H groups in total. The molecule has 0 aliphatic carbocycles. The average molecular weight is 286 g/mol. The summed E-state index contributed by atoms with van der Waals surface area (Å²) in [7, 11) is -3.90. The summed E-state index contributed by atoms with van der Waals surface area (Å²) < 4.78 is 31.8. The van der Waals surface area contributed by atoms with Crippen molar-refractivity contribution >= 4 is 21.7 Å². The summed E-state index contributed by atoms with van der Waals surface area (Å²) in [4.78, 5) is 10.8. The van der Waals surface area contributed by atoms with E-state index in [4.69, 9.17) is 15.6 Å². The fraction of sp³-hybridized carbons (Fsp3) is 0.364. The highest BCUT2D eigenvalue weighted by atomic mass is 32.2. The molecule has 1 aromatic carbocycles. The van der Waals surface area contributed by atoms with Crippen LogP contribution in [0.5, 0.6) is 0 Å². The second kappa shape index (κ2) is 5.16. The molecule has 1 heterocycles. The summed E-state index contributed by atoms with van der Waals surface area (Å²) in [6.07, 6.45) is 0.566. The van der Waals surface area contributed by atoms with Gasteiger partial charge in [0.25, 0.3) is 0 Å². The third-order valence-electron chi connectivity index (χ3n) is 2.78. The minimum Gasteiger partial charge on any atom is -0.478 e. The first-order valence-corrected chi connectivity index (χ1v) is 7.11. The number of benzene rings is 1. The zero-order valence-corrected chi connectivity index (χ0v) is 10.8. The van der Waals surface area contributed by atoms with Crippen molar-refractivity contribution in [2.75, 3.05) is 18.9 Å². The van der Waals surface area contributed by atoms with Gasteiger partial charge in [-0.3, -0.25) is 0 Å². The fourth-order valence-corrected chi connectivity index (χ4v) is 3.29. The molecule has 2 rings (SSSR count). The Labute approximate surface area is 110 Å². The van der Waals surface area contributed by atoms with E-state index in [1.165, 1.54) is 12.1 Å². The maximum atomic E-state index is 12.2. The lowest BCUT2D eigenvalue weighted by molar-refractivity contribution is 0.0692. The summed E-state index contributed by atoms with van der Waals surface area (Å²) in [6, 6.07) is 3.34. The first-order chi connectivity index (χ1) is 8.90. The van der Waals surface area contributed by atoms with Gasteiger partial charge in [-0.2, -0.15) is 0 Å². The van der Waals surface area contributed by atoms with Crippen LogP contribution >= 0.6 is 0 Å². The van der Waals surface area contributed by atoms with Crippen LogP contribution in [-0.4, -0.2) is 38.7 Å². The summed E-state index contributed by atoms with van der Waals surface area (Å²) in [5.74, 6) is -1.34. The van der Waals surface area contributed by atoms with Crippen molar-refractivity contribution in [2.24, 2.45) is 0 Å².